The molecule has 0 bridgehead atoms. The van der Waals surface area contributed by atoms with Crippen molar-refractivity contribution in [3.05, 3.63) is 59.9 Å². The van der Waals surface area contributed by atoms with Crippen molar-refractivity contribution < 1.29 is 9.90 Å². The minimum absolute atomic E-state index is 0.0439. The summed E-state index contributed by atoms with van der Waals surface area (Å²) in [5.41, 5.74) is 2.61. The van der Waals surface area contributed by atoms with E-state index in [9.17, 15) is 9.90 Å². The van der Waals surface area contributed by atoms with Crippen molar-refractivity contribution in [3.8, 4) is 17.1 Å². The zero-order valence-corrected chi connectivity index (χ0v) is 12.8. The highest BCUT2D eigenvalue weighted by atomic mass is 16.3. The van der Waals surface area contributed by atoms with Gasteiger partial charge in [0.15, 0.2) is 5.82 Å². The monoisotopic (exact) mass is 308 g/mol. The predicted octanol–water partition coefficient (Wildman–Crippen LogP) is 2.75. The minimum Gasteiger partial charge on any atom is -0.507 e. The summed E-state index contributed by atoms with van der Waals surface area (Å²) in [6.45, 7) is 1.87. The summed E-state index contributed by atoms with van der Waals surface area (Å²) in [6.07, 6.45) is 1.62. The Balaban J connectivity index is 1.87. The number of aromatic hydroxyl groups is 1. The Kier molecular flexibility index (Phi) is 3.80. The van der Waals surface area contributed by atoms with Crippen molar-refractivity contribution in [3.63, 3.8) is 0 Å². The Morgan fingerprint density at radius 2 is 2.04 bits per heavy atom. The average Bonchev–Trinajstić information content (AvgIpc) is 2.96. The second-order valence-corrected chi connectivity index (χ2v) is 5.32. The predicted molar refractivity (Wildman–Crippen MR) is 87.2 cm³/mol. The molecule has 0 aliphatic carbocycles. The van der Waals surface area contributed by atoms with Gasteiger partial charge in [-0.2, -0.15) is 0 Å². The van der Waals surface area contributed by atoms with Crippen LogP contribution < -0.4 is 5.32 Å². The van der Waals surface area contributed by atoms with E-state index in [2.05, 4.69) is 15.5 Å². The van der Waals surface area contributed by atoms with E-state index >= 15 is 0 Å². The van der Waals surface area contributed by atoms with Crippen LogP contribution in [0.3, 0.4) is 0 Å². The Labute approximate surface area is 133 Å². The molecule has 0 atom stereocenters. The molecule has 1 heterocycles. The number of anilines is 1. The first-order chi connectivity index (χ1) is 11.0. The van der Waals surface area contributed by atoms with Crippen molar-refractivity contribution in [1.82, 2.24) is 14.8 Å². The smallest absolute Gasteiger partial charge is 0.259 e. The highest BCUT2D eigenvalue weighted by molar-refractivity contribution is 6.06. The molecule has 0 saturated heterocycles. The first-order valence-corrected chi connectivity index (χ1v) is 7.10. The van der Waals surface area contributed by atoms with Crippen molar-refractivity contribution in [2.75, 3.05) is 5.32 Å². The van der Waals surface area contributed by atoms with E-state index in [4.69, 9.17) is 0 Å². The Morgan fingerprint density at radius 3 is 2.78 bits per heavy atom. The van der Waals surface area contributed by atoms with Crippen molar-refractivity contribution >= 4 is 11.6 Å². The zero-order chi connectivity index (χ0) is 16.4. The van der Waals surface area contributed by atoms with E-state index in [1.54, 1.807) is 29.1 Å². The maximum absolute atomic E-state index is 12.3. The fourth-order valence-corrected chi connectivity index (χ4v) is 2.31. The summed E-state index contributed by atoms with van der Waals surface area (Å²) in [5, 5.41) is 20.5. The molecular weight excluding hydrogens is 292 g/mol. The van der Waals surface area contributed by atoms with Gasteiger partial charge in [0.05, 0.1) is 5.56 Å². The molecule has 0 aliphatic rings. The topological polar surface area (TPSA) is 80.0 Å². The van der Waals surface area contributed by atoms with Crippen LogP contribution in [0.25, 0.3) is 11.4 Å². The SMILES string of the molecule is Cc1ccc(O)c(C(=O)Nc2cccc(-c3nncn3C)c2)c1. The summed E-state index contributed by atoms with van der Waals surface area (Å²) in [6, 6.07) is 12.2. The lowest BCUT2D eigenvalue weighted by Crippen LogP contribution is -2.12. The van der Waals surface area contributed by atoms with Gasteiger partial charge in [-0.05, 0) is 31.2 Å². The molecule has 116 valence electrons. The van der Waals surface area contributed by atoms with Crippen LogP contribution in [0.15, 0.2) is 48.8 Å². The lowest BCUT2D eigenvalue weighted by Gasteiger charge is -2.09. The Bertz CT molecular complexity index is 871. The normalized spacial score (nSPS) is 10.5. The average molecular weight is 308 g/mol. The Morgan fingerprint density at radius 1 is 1.22 bits per heavy atom. The van der Waals surface area contributed by atoms with Crippen LogP contribution in [-0.2, 0) is 7.05 Å². The molecule has 0 unspecified atom stereocenters. The van der Waals surface area contributed by atoms with Crippen molar-refractivity contribution in [2.45, 2.75) is 6.92 Å². The van der Waals surface area contributed by atoms with E-state index < -0.39 is 0 Å². The number of aryl methyl sites for hydroxylation is 2. The molecule has 2 N–H and O–H groups in total. The molecule has 3 rings (SSSR count). The van der Waals surface area contributed by atoms with E-state index in [1.807, 2.05) is 32.2 Å². The summed E-state index contributed by atoms with van der Waals surface area (Å²) in [4.78, 5) is 12.3. The summed E-state index contributed by atoms with van der Waals surface area (Å²) >= 11 is 0. The van der Waals surface area contributed by atoms with Crippen LogP contribution in [0.4, 0.5) is 5.69 Å². The maximum Gasteiger partial charge on any atom is 0.259 e. The van der Waals surface area contributed by atoms with E-state index in [0.29, 0.717) is 11.5 Å². The molecule has 6 nitrogen and oxygen atoms in total. The molecule has 1 amide bonds. The molecule has 23 heavy (non-hydrogen) atoms. The van der Waals surface area contributed by atoms with E-state index in [0.717, 1.165) is 11.1 Å². The molecule has 0 spiro atoms. The lowest BCUT2D eigenvalue weighted by molar-refractivity contribution is 0.102. The number of hydrogen-bond acceptors (Lipinski definition) is 4. The van der Waals surface area contributed by atoms with Crippen molar-refractivity contribution in [1.29, 1.82) is 0 Å². The quantitative estimate of drug-likeness (QED) is 0.779. The molecule has 2 aromatic carbocycles. The third-order valence-corrected chi connectivity index (χ3v) is 3.49. The third-order valence-electron chi connectivity index (χ3n) is 3.49. The molecule has 0 radical (unpaired) electrons. The van der Waals surface area contributed by atoms with Gasteiger partial charge in [0.2, 0.25) is 0 Å². The number of rotatable bonds is 3. The minimum atomic E-state index is -0.360. The molecule has 3 aromatic rings. The standard InChI is InChI=1S/C17H16N4O2/c1-11-6-7-15(22)14(8-11)17(23)19-13-5-3-4-12(9-13)16-20-18-10-21(16)2/h3-10,22H,1-2H3,(H,19,23). The second-order valence-electron chi connectivity index (χ2n) is 5.32. The molecule has 0 fully saturated rings. The van der Waals surface area contributed by atoms with Crippen LogP contribution in [-0.4, -0.2) is 25.8 Å². The van der Waals surface area contributed by atoms with E-state index in [-0.39, 0.29) is 17.2 Å². The Hall–Kier alpha value is -3.15. The van der Waals surface area contributed by atoms with Gasteiger partial charge < -0.3 is 15.0 Å². The fraction of sp³-hybridized carbons (Fsp3) is 0.118. The van der Waals surface area contributed by atoms with Crippen LogP contribution in [0.2, 0.25) is 0 Å². The number of hydrogen-bond donors (Lipinski definition) is 2. The summed E-state index contributed by atoms with van der Waals surface area (Å²) in [7, 11) is 1.85. The van der Waals surface area contributed by atoms with Crippen LogP contribution in [0.1, 0.15) is 15.9 Å². The molecule has 1 aromatic heterocycles. The number of amides is 1. The largest absolute Gasteiger partial charge is 0.507 e. The highest BCUT2D eigenvalue weighted by Gasteiger charge is 2.12. The number of benzene rings is 2. The molecule has 0 saturated carbocycles. The van der Waals surface area contributed by atoms with Crippen LogP contribution in [0.5, 0.6) is 5.75 Å². The number of carbonyl (C=O) groups is 1. The highest BCUT2D eigenvalue weighted by Crippen LogP contribution is 2.23. The number of carbonyl (C=O) groups excluding carboxylic acids is 1. The van der Waals surface area contributed by atoms with Gasteiger partial charge in [0.25, 0.3) is 5.91 Å². The third kappa shape index (κ3) is 3.06. The van der Waals surface area contributed by atoms with Crippen LogP contribution in [0, 0.1) is 6.92 Å². The summed E-state index contributed by atoms with van der Waals surface area (Å²) < 4.78 is 1.80. The fourth-order valence-electron chi connectivity index (χ4n) is 2.31. The van der Waals surface area contributed by atoms with Gasteiger partial charge in [0, 0.05) is 18.3 Å². The zero-order valence-electron chi connectivity index (χ0n) is 12.8. The van der Waals surface area contributed by atoms with Gasteiger partial charge in [-0.1, -0.05) is 23.8 Å². The first kappa shape index (κ1) is 14.8. The number of phenols is 1. The second kappa shape index (κ2) is 5.92. The van der Waals surface area contributed by atoms with Gasteiger partial charge in [0.1, 0.15) is 12.1 Å². The molecule has 0 aliphatic heterocycles. The van der Waals surface area contributed by atoms with Crippen molar-refractivity contribution in [2.24, 2.45) is 7.05 Å². The number of nitrogens with one attached hydrogen (secondary N) is 1. The van der Waals surface area contributed by atoms with E-state index in [1.165, 1.54) is 6.07 Å². The first-order valence-electron chi connectivity index (χ1n) is 7.10. The number of nitrogens with zero attached hydrogens (tertiary/aromatic N) is 3. The van der Waals surface area contributed by atoms with Gasteiger partial charge in [-0.15, -0.1) is 10.2 Å². The number of phenolic OH excluding ortho intramolecular Hbond substituents is 1. The molecule has 6 heteroatoms. The van der Waals surface area contributed by atoms with Gasteiger partial charge in [-0.3, -0.25) is 4.79 Å². The lowest BCUT2D eigenvalue weighted by atomic mass is 10.1. The molecular formula is C17H16N4O2. The van der Waals surface area contributed by atoms with Crippen LogP contribution >= 0.6 is 0 Å². The van der Waals surface area contributed by atoms with Gasteiger partial charge in [-0.25, -0.2) is 0 Å². The summed E-state index contributed by atoms with van der Waals surface area (Å²) in [5.74, 6) is 0.304. The van der Waals surface area contributed by atoms with Gasteiger partial charge >= 0.3 is 0 Å². The number of aromatic nitrogens is 3. The maximum atomic E-state index is 12.3.